The summed E-state index contributed by atoms with van der Waals surface area (Å²) in [5.74, 6) is -1.42. The predicted molar refractivity (Wildman–Crippen MR) is 239 cm³/mol. The van der Waals surface area contributed by atoms with Gasteiger partial charge in [-0.05, 0) is 51.4 Å². The summed E-state index contributed by atoms with van der Waals surface area (Å²) in [7, 11) is -5.16. The molecule has 13 nitrogen and oxygen atoms in total. The van der Waals surface area contributed by atoms with Crippen LogP contribution in [0.25, 0.3) is 0 Å². The van der Waals surface area contributed by atoms with E-state index < -0.39 is 75.7 Å². The fourth-order valence-corrected chi connectivity index (χ4v) is 7.65. The molecule has 0 aliphatic heterocycles. The molecular formula is C47H81O13P. The van der Waals surface area contributed by atoms with Crippen LogP contribution in [0.1, 0.15) is 168 Å². The first-order chi connectivity index (χ1) is 29.4. The van der Waals surface area contributed by atoms with E-state index in [0.717, 1.165) is 44.6 Å². The van der Waals surface area contributed by atoms with Crippen LogP contribution < -0.4 is 0 Å². The summed E-state index contributed by atoms with van der Waals surface area (Å²) in [4.78, 5) is 35.5. The molecule has 0 aromatic rings. The number of phosphoric ester groups is 1. The van der Waals surface area contributed by atoms with E-state index in [2.05, 4.69) is 38.2 Å². The Labute approximate surface area is 366 Å². The van der Waals surface area contributed by atoms with E-state index >= 15 is 0 Å². The lowest BCUT2D eigenvalue weighted by Gasteiger charge is -2.41. The fraction of sp³-hybridized carbons (Fsp3) is 0.745. The molecule has 0 heterocycles. The molecule has 0 aromatic carbocycles. The van der Waals surface area contributed by atoms with Gasteiger partial charge in [-0.2, -0.15) is 0 Å². The monoisotopic (exact) mass is 885 g/mol. The fourth-order valence-electron chi connectivity index (χ4n) is 6.68. The summed E-state index contributed by atoms with van der Waals surface area (Å²) in [5, 5.41) is 50.1. The van der Waals surface area contributed by atoms with Crippen LogP contribution in [0, 0.1) is 0 Å². The van der Waals surface area contributed by atoms with E-state index in [1.54, 1.807) is 6.08 Å². The lowest BCUT2D eigenvalue weighted by molar-refractivity contribution is -0.220. The Morgan fingerprint density at radius 2 is 1.00 bits per heavy atom. The standard InChI is InChI=1S/C47H81O13P/c1-3-5-7-9-11-13-15-17-19-20-22-23-25-27-29-31-33-35-40(48)57-37-39(38-58-61(55,56)60-47-45(53)43(51)42(50)44(52)46(47)54)59-41(49)36-34-32-30-28-26-24-21-18-16-14-12-10-8-6-4-2/h17,19,22-23,27,29-30,32,34,36,39,42-47,50-54H,3-16,18,20-21,24-26,28,31,33,35,37-38H2,1-2H3,(H,55,56)/b19-17+,23-22+,29-27+,32-30+,36-34+/t39-,42?,43-,44?,45?,46?,47?/m0/s1. The van der Waals surface area contributed by atoms with E-state index in [1.165, 1.54) is 102 Å². The highest BCUT2D eigenvalue weighted by molar-refractivity contribution is 7.47. The molecule has 1 aliphatic rings. The number of aliphatic hydroxyl groups is 5. The number of carbonyl (C=O) groups excluding carboxylic acids is 2. The van der Waals surface area contributed by atoms with Gasteiger partial charge in [0.15, 0.2) is 6.10 Å². The van der Waals surface area contributed by atoms with E-state index in [0.29, 0.717) is 12.8 Å². The largest absolute Gasteiger partial charge is 0.472 e. The van der Waals surface area contributed by atoms with Crippen molar-refractivity contribution in [2.24, 2.45) is 0 Å². The lowest BCUT2D eigenvalue weighted by Crippen LogP contribution is -2.64. The van der Waals surface area contributed by atoms with Crippen molar-refractivity contribution < 1.29 is 63.1 Å². The molecule has 352 valence electrons. The van der Waals surface area contributed by atoms with Gasteiger partial charge < -0.3 is 39.9 Å². The number of allylic oxidation sites excluding steroid dienone is 9. The van der Waals surface area contributed by atoms with Crippen molar-refractivity contribution in [2.45, 2.75) is 211 Å². The van der Waals surface area contributed by atoms with Crippen LogP contribution in [0.15, 0.2) is 60.8 Å². The van der Waals surface area contributed by atoms with Gasteiger partial charge in [0.05, 0.1) is 6.61 Å². The van der Waals surface area contributed by atoms with Gasteiger partial charge in [-0.1, -0.05) is 165 Å². The van der Waals surface area contributed by atoms with Crippen molar-refractivity contribution in [1.82, 2.24) is 0 Å². The van der Waals surface area contributed by atoms with Gasteiger partial charge in [-0.25, -0.2) is 9.36 Å². The third-order valence-electron chi connectivity index (χ3n) is 10.4. The molecular weight excluding hydrogens is 803 g/mol. The zero-order valence-electron chi connectivity index (χ0n) is 37.2. The molecule has 1 saturated carbocycles. The SMILES string of the molecule is CCCCCCCC/C=C/C/C=C/C/C=C/CCCC(=O)OC[C@@H](COP(=O)(O)OC1C(O)C(O)C(O)[C@H](O)C1O)OC(=O)/C=C/C=C/CCCCCCCCCCCCC. The highest BCUT2D eigenvalue weighted by Crippen LogP contribution is 2.47. The second kappa shape index (κ2) is 37.0. The zero-order chi connectivity index (χ0) is 45.0. The van der Waals surface area contributed by atoms with Gasteiger partial charge in [0, 0.05) is 12.5 Å². The molecule has 14 heteroatoms. The lowest BCUT2D eigenvalue weighted by atomic mass is 9.85. The Hall–Kier alpha value is -2.45. The summed E-state index contributed by atoms with van der Waals surface area (Å²) >= 11 is 0. The minimum Gasteiger partial charge on any atom is -0.462 e. The molecule has 1 fully saturated rings. The van der Waals surface area contributed by atoms with Crippen LogP contribution in [0.3, 0.4) is 0 Å². The molecule has 0 amide bonds. The van der Waals surface area contributed by atoms with Crippen LogP contribution in [-0.2, 0) is 32.7 Å². The Morgan fingerprint density at radius 3 is 1.52 bits per heavy atom. The summed E-state index contributed by atoms with van der Waals surface area (Å²) in [6.07, 6.45) is 32.1. The Morgan fingerprint density at radius 1 is 0.557 bits per heavy atom. The number of ether oxygens (including phenoxy) is 2. The maximum atomic E-state index is 12.8. The van der Waals surface area contributed by atoms with Crippen molar-refractivity contribution in [3.8, 4) is 0 Å². The minimum atomic E-state index is -5.16. The van der Waals surface area contributed by atoms with Crippen molar-refractivity contribution in [3.63, 3.8) is 0 Å². The molecule has 1 aliphatic carbocycles. The first kappa shape index (κ1) is 56.6. The van der Waals surface area contributed by atoms with Crippen LogP contribution in [0.4, 0.5) is 0 Å². The number of rotatable bonds is 37. The minimum absolute atomic E-state index is 0.0739. The van der Waals surface area contributed by atoms with Gasteiger partial charge in [-0.3, -0.25) is 13.8 Å². The van der Waals surface area contributed by atoms with Crippen molar-refractivity contribution in [3.05, 3.63) is 60.8 Å². The van der Waals surface area contributed by atoms with E-state index in [1.807, 2.05) is 18.2 Å². The van der Waals surface area contributed by atoms with Crippen molar-refractivity contribution >= 4 is 19.8 Å². The van der Waals surface area contributed by atoms with Crippen LogP contribution >= 0.6 is 7.82 Å². The van der Waals surface area contributed by atoms with Crippen LogP contribution in [0.5, 0.6) is 0 Å². The third-order valence-corrected chi connectivity index (χ3v) is 11.4. The molecule has 6 N–H and O–H groups in total. The highest BCUT2D eigenvalue weighted by Gasteiger charge is 2.51. The molecule has 0 aromatic heterocycles. The topological polar surface area (TPSA) is 210 Å². The van der Waals surface area contributed by atoms with E-state index in [9.17, 15) is 44.6 Å². The molecule has 8 atom stereocenters. The van der Waals surface area contributed by atoms with E-state index in [-0.39, 0.29) is 6.42 Å². The smallest absolute Gasteiger partial charge is 0.462 e. The average molecular weight is 885 g/mol. The number of hydrogen-bond donors (Lipinski definition) is 6. The summed E-state index contributed by atoms with van der Waals surface area (Å²) in [6, 6.07) is 0. The maximum Gasteiger partial charge on any atom is 0.472 e. The molecule has 0 saturated heterocycles. The second-order valence-corrected chi connectivity index (χ2v) is 17.4. The van der Waals surface area contributed by atoms with Crippen molar-refractivity contribution in [2.75, 3.05) is 13.2 Å². The molecule has 0 radical (unpaired) electrons. The zero-order valence-corrected chi connectivity index (χ0v) is 38.1. The molecule has 61 heavy (non-hydrogen) atoms. The first-order valence-corrected chi connectivity index (χ1v) is 24.6. The molecule has 1 rings (SSSR count). The summed E-state index contributed by atoms with van der Waals surface area (Å²) in [5.41, 5.74) is 0. The molecule has 6 unspecified atom stereocenters. The quantitative estimate of drug-likeness (QED) is 0.00861. The average Bonchev–Trinajstić information content (AvgIpc) is 3.24. The number of carbonyl (C=O) groups is 2. The summed E-state index contributed by atoms with van der Waals surface area (Å²) in [6.45, 7) is 3.14. The Kier molecular flexibility index (Phi) is 34.3. The molecule has 0 spiro atoms. The number of unbranched alkanes of at least 4 members (excludes halogenated alkanes) is 18. The predicted octanol–water partition coefficient (Wildman–Crippen LogP) is 8.94. The van der Waals surface area contributed by atoms with Crippen LogP contribution in [0.2, 0.25) is 0 Å². The number of aliphatic hydroxyl groups excluding tert-OH is 5. The normalized spacial score (nSPS) is 22.6. The van der Waals surface area contributed by atoms with Gasteiger partial charge in [0.2, 0.25) is 0 Å². The Bertz CT molecular complexity index is 1300. The Balaban J connectivity index is 2.55. The van der Waals surface area contributed by atoms with Crippen LogP contribution in [-0.4, -0.2) is 98.3 Å². The summed E-state index contributed by atoms with van der Waals surface area (Å²) < 4.78 is 33.2. The van der Waals surface area contributed by atoms with Gasteiger partial charge >= 0.3 is 19.8 Å². The second-order valence-electron chi connectivity index (χ2n) is 16.0. The van der Waals surface area contributed by atoms with E-state index in [4.69, 9.17) is 18.5 Å². The van der Waals surface area contributed by atoms with Gasteiger partial charge in [-0.15, -0.1) is 0 Å². The van der Waals surface area contributed by atoms with Crippen molar-refractivity contribution in [1.29, 1.82) is 0 Å². The third kappa shape index (κ3) is 29.5. The van der Waals surface area contributed by atoms with Gasteiger partial charge in [0.25, 0.3) is 0 Å². The number of hydrogen-bond acceptors (Lipinski definition) is 12. The maximum absolute atomic E-state index is 12.8. The molecule has 0 bridgehead atoms. The van der Waals surface area contributed by atoms with Gasteiger partial charge in [0.1, 0.15) is 43.2 Å². The number of esters is 2. The number of phosphoric acid groups is 1. The first-order valence-electron chi connectivity index (χ1n) is 23.1. The highest BCUT2D eigenvalue weighted by atomic mass is 31.2.